The first-order valence-corrected chi connectivity index (χ1v) is 9.67. The molecule has 3 heterocycles. The Morgan fingerprint density at radius 1 is 1.30 bits per heavy atom. The molecule has 1 aliphatic heterocycles. The zero-order valence-corrected chi connectivity index (χ0v) is 17.8. The summed E-state index contributed by atoms with van der Waals surface area (Å²) in [6, 6.07) is 0. The van der Waals surface area contributed by atoms with Crippen LogP contribution in [0.2, 0.25) is 0 Å². The molecular formula is C18H27ClN4O3S. The van der Waals surface area contributed by atoms with Crippen molar-refractivity contribution in [2.45, 2.75) is 26.4 Å². The lowest BCUT2D eigenvalue weighted by Gasteiger charge is -2.31. The van der Waals surface area contributed by atoms with Crippen molar-refractivity contribution in [2.75, 3.05) is 40.9 Å². The number of halogens is 1. The van der Waals surface area contributed by atoms with Crippen molar-refractivity contribution in [1.29, 1.82) is 0 Å². The Bertz CT molecular complexity index is 790. The van der Waals surface area contributed by atoms with Gasteiger partial charge in [0.15, 0.2) is 5.82 Å². The molecule has 1 fully saturated rings. The number of likely N-dealkylation sites (tertiary alicyclic amines) is 1. The molecule has 3 rings (SSSR count). The molecule has 150 valence electrons. The van der Waals surface area contributed by atoms with Gasteiger partial charge >= 0.3 is 0 Å². The molecule has 0 radical (unpaired) electrons. The maximum Gasteiger partial charge on any atom is 0.264 e. The van der Waals surface area contributed by atoms with Crippen LogP contribution in [0.25, 0.3) is 10.2 Å². The second-order valence-electron chi connectivity index (χ2n) is 6.61. The Morgan fingerprint density at radius 2 is 2.00 bits per heavy atom. The summed E-state index contributed by atoms with van der Waals surface area (Å²) in [6.07, 6.45) is 2.08. The van der Waals surface area contributed by atoms with Crippen molar-refractivity contribution in [3.05, 3.63) is 16.3 Å². The largest absolute Gasteiger partial charge is 0.480 e. The molecule has 2 aromatic rings. The Kier molecular flexibility index (Phi) is 7.79. The number of hydrogen-bond donors (Lipinski definition) is 1. The molecule has 0 spiro atoms. The standard InChI is InChI=1S/C18H26N4O3S.ClH/c1-11-14-16(25-4)20-13(10-24-3)21-17(14)26-15(11)18(23)22-7-5-12(6-8-22)9-19-2;/h12,19H,5-10H2,1-4H3;1H. The zero-order valence-electron chi connectivity index (χ0n) is 16.2. The van der Waals surface area contributed by atoms with Crippen molar-refractivity contribution in [3.8, 4) is 5.88 Å². The van der Waals surface area contributed by atoms with Gasteiger partial charge in [-0.1, -0.05) is 0 Å². The third kappa shape index (κ3) is 4.51. The number of fused-ring (bicyclic) bond motifs is 1. The van der Waals surface area contributed by atoms with E-state index < -0.39 is 0 Å². The molecule has 7 nitrogen and oxygen atoms in total. The van der Waals surface area contributed by atoms with Gasteiger partial charge < -0.3 is 19.7 Å². The van der Waals surface area contributed by atoms with Crippen LogP contribution in [-0.2, 0) is 11.3 Å². The third-order valence-corrected chi connectivity index (χ3v) is 6.03. The number of carbonyl (C=O) groups is 1. The van der Waals surface area contributed by atoms with E-state index in [2.05, 4.69) is 15.3 Å². The van der Waals surface area contributed by atoms with Crippen LogP contribution in [-0.4, -0.2) is 61.7 Å². The first-order chi connectivity index (χ1) is 12.6. The van der Waals surface area contributed by atoms with Gasteiger partial charge in [-0.25, -0.2) is 4.98 Å². The van der Waals surface area contributed by atoms with E-state index in [1.165, 1.54) is 11.3 Å². The topological polar surface area (TPSA) is 76.6 Å². The molecule has 1 aliphatic rings. The number of nitrogens with zero attached hydrogens (tertiary/aromatic N) is 3. The number of nitrogens with one attached hydrogen (secondary N) is 1. The van der Waals surface area contributed by atoms with Crippen molar-refractivity contribution in [1.82, 2.24) is 20.2 Å². The lowest BCUT2D eigenvalue weighted by Crippen LogP contribution is -2.40. The fraction of sp³-hybridized carbons (Fsp3) is 0.611. The summed E-state index contributed by atoms with van der Waals surface area (Å²) in [5.74, 6) is 1.80. The number of hydrogen-bond acceptors (Lipinski definition) is 7. The first-order valence-electron chi connectivity index (χ1n) is 8.85. The number of amides is 1. The second kappa shape index (κ2) is 9.64. The van der Waals surface area contributed by atoms with Crippen LogP contribution >= 0.6 is 23.7 Å². The predicted octanol–water partition coefficient (Wildman–Crippen LogP) is 2.65. The molecule has 9 heteroatoms. The van der Waals surface area contributed by atoms with E-state index in [4.69, 9.17) is 9.47 Å². The highest BCUT2D eigenvalue weighted by molar-refractivity contribution is 7.20. The summed E-state index contributed by atoms with van der Waals surface area (Å²) in [6.45, 7) is 4.87. The molecule has 27 heavy (non-hydrogen) atoms. The van der Waals surface area contributed by atoms with Crippen molar-refractivity contribution in [3.63, 3.8) is 0 Å². The minimum Gasteiger partial charge on any atom is -0.480 e. The molecule has 1 saturated heterocycles. The molecule has 0 bridgehead atoms. The van der Waals surface area contributed by atoms with E-state index in [0.717, 1.165) is 53.1 Å². The van der Waals surface area contributed by atoms with E-state index in [1.807, 2.05) is 18.9 Å². The summed E-state index contributed by atoms with van der Waals surface area (Å²) in [5.41, 5.74) is 0.896. The molecular weight excluding hydrogens is 388 g/mol. The normalized spacial score (nSPS) is 15.0. The van der Waals surface area contributed by atoms with Crippen LogP contribution in [0.3, 0.4) is 0 Å². The number of aryl methyl sites for hydroxylation is 1. The van der Waals surface area contributed by atoms with Crippen LogP contribution in [0, 0.1) is 12.8 Å². The quantitative estimate of drug-likeness (QED) is 0.783. The molecule has 0 atom stereocenters. The third-order valence-electron chi connectivity index (χ3n) is 4.86. The van der Waals surface area contributed by atoms with Crippen molar-refractivity contribution < 1.29 is 14.3 Å². The minimum absolute atomic E-state index is 0. The number of rotatable bonds is 6. The van der Waals surface area contributed by atoms with E-state index in [1.54, 1.807) is 14.2 Å². The van der Waals surface area contributed by atoms with Gasteiger partial charge in [0.25, 0.3) is 5.91 Å². The summed E-state index contributed by atoms with van der Waals surface area (Å²) >= 11 is 1.42. The maximum atomic E-state index is 13.1. The van der Waals surface area contributed by atoms with Gasteiger partial charge in [0, 0.05) is 20.2 Å². The van der Waals surface area contributed by atoms with E-state index in [9.17, 15) is 4.79 Å². The Morgan fingerprint density at radius 3 is 2.59 bits per heavy atom. The summed E-state index contributed by atoms with van der Waals surface area (Å²) in [4.78, 5) is 25.5. The minimum atomic E-state index is 0. The van der Waals surface area contributed by atoms with Gasteiger partial charge in [0.1, 0.15) is 11.4 Å². The molecule has 0 saturated carbocycles. The fourth-order valence-corrected chi connectivity index (χ4v) is 4.62. The average molecular weight is 415 g/mol. The van der Waals surface area contributed by atoms with Gasteiger partial charge in [-0.3, -0.25) is 4.79 Å². The van der Waals surface area contributed by atoms with Crippen LogP contribution in [0.1, 0.15) is 33.9 Å². The lowest BCUT2D eigenvalue weighted by molar-refractivity contribution is 0.0695. The molecule has 1 amide bonds. The number of thiophene rings is 1. The fourth-order valence-electron chi connectivity index (χ4n) is 3.46. The number of ether oxygens (including phenoxy) is 2. The number of methoxy groups -OCH3 is 2. The maximum absolute atomic E-state index is 13.1. The highest BCUT2D eigenvalue weighted by Gasteiger charge is 2.27. The molecule has 2 aromatic heterocycles. The number of piperidine rings is 1. The molecule has 0 unspecified atom stereocenters. The number of aromatic nitrogens is 2. The highest BCUT2D eigenvalue weighted by atomic mass is 35.5. The van der Waals surface area contributed by atoms with E-state index >= 15 is 0 Å². The second-order valence-corrected chi connectivity index (χ2v) is 7.61. The van der Waals surface area contributed by atoms with Crippen LogP contribution in [0.4, 0.5) is 0 Å². The van der Waals surface area contributed by atoms with Crippen LogP contribution in [0.15, 0.2) is 0 Å². The van der Waals surface area contributed by atoms with E-state index in [0.29, 0.717) is 24.2 Å². The van der Waals surface area contributed by atoms with Gasteiger partial charge in [-0.2, -0.15) is 4.98 Å². The monoisotopic (exact) mass is 414 g/mol. The summed E-state index contributed by atoms with van der Waals surface area (Å²) in [5, 5.41) is 4.05. The van der Waals surface area contributed by atoms with E-state index in [-0.39, 0.29) is 18.3 Å². The Hall–Kier alpha value is -1.48. The summed E-state index contributed by atoms with van der Waals surface area (Å²) < 4.78 is 10.6. The van der Waals surface area contributed by atoms with Crippen LogP contribution in [0.5, 0.6) is 5.88 Å². The summed E-state index contributed by atoms with van der Waals surface area (Å²) in [7, 11) is 5.17. The van der Waals surface area contributed by atoms with Gasteiger partial charge in [-0.15, -0.1) is 23.7 Å². The lowest BCUT2D eigenvalue weighted by atomic mass is 9.96. The Labute approximate surface area is 169 Å². The van der Waals surface area contributed by atoms with Crippen LogP contribution < -0.4 is 10.1 Å². The smallest absolute Gasteiger partial charge is 0.264 e. The molecule has 0 aliphatic carbocycles. The van der Waals surface area contributed by atoms with Gasteiger partial charge in [0.05, 0.1) is 17.4 Å². The molecule has 0 aromatic carbocycles. The van der Waals surface area contributed by atoms with Crippen molar-refractivity contribution >= 4 is 39.9 Å². The zero-order chi connectivity index (χ0) is 18.7. The SMILES string of the molecule is CNCC1CCN(C(=O)c2sc3nc(COC)nc(OC)c3c2C)CC1.Cl. The average Bonchev–Trinajstić information content (AvgIpc) is 2.98. The van der Waals surface area contributed by atoms with Gasteiger partial charge in [0.2, 0.25) is 5.88 Å². The van der Waals surface area contributed by atoms with Crippen molar-refractivity contribution in [2.24, 2.45) is 5.92 Å². The molecule has 1 N–H and O–H groups in total. The van der Waals surface area contributed by atoms with Gasteiger partial charge in [-0.05, 0) is 44.8 Å². The Balaban J connectivity index is 0.00000261. The number of carbonyl (C=O) groups excluding carboxylic acids is 1. The predicted molar refractivity (Wildman–Crippen MR) is 109 cm³/mol. The first kappa shape index (κ1) is 21.8. The highest BCUT2D eigenvalue weighted by Crippen LogP contribution is 2.36.